The van der Waals surface area contributed by atoms with Crippen molar-refractivity contribution < 1.29 is 5.11 Å². The molecule has 0 saturated carbocycles. The summed E-state index contributed by atoms with van der Waals surface area (Å²) in [5.41, 5.74) is 4.08. The molecular formula is C15H16BrNO. The second-order valence-electron chi connectivity index (χ2n) is 4.44. The molecule has 2 nitrogen and oxygen atoms in total. The van der Waals surface area contributed by atoms with E-state index in [1.165, 1.54) is 5.56 Å². The predicted octanol–water partition coefficient (Wildman–Crippen LogP) is 4.38. The Hall–Kier alpha value is -1.48. The number of phenols is 1. The van der Waals surface area contributed by atoms with Gasteiger partial charge in [-0.25, -0.2) is 0 Å². The first-order valence-electron chi connectivity index (χ1n) is 5.85. The molecule has 2 rings (SSSR count). The largest absolute Gasteiger partial charge is 0.507 e. The number of hydrogen-bond acceptors (Lipinski definition) is 2. The van der Waals surface area contributed by atoms with E-state index < -0.39 is 0 Å². The third-order valence-electron chi connectivity index (χ3n) is 2.87. The van der Waals surface area contributed by atoms with Crippen molar-refractivity contribution in [2.24, 2.45) is 0 Å². The minimum Gasteiger partial charge on any atom is -0.507 e. The molecule has 0 spiro atoms. The smallest absolute Gasteiger partial charge is 0.121 e. The summed E-state index contributed by atoms with van der Waals surface area (Å²) in [7, 11) is 0. The SMILES string of the molecule is Cc1cc(CNc2cccc(Br)c2)cc(C)c1O. The first kappa shape index (κ1) is 13.0. The van der Waals surface area contributed by atoms with Crippen LogP contribution in [0, 0.1) is 13.8 Å². The van der Waals surface area contributed by atoms with E-state index in [4.69, 9.17) is 0 Å². The summed E-state index contributed by atoms with van der Waals surface area (Å²) in [5, 5.41) is 13.1. The van der Waals surface area contributed by atoms with Gasteiger partial charge in [0.25, 0.3) is 0 Å². The van der Waals surface area contributed by atoms with E-state index in [1.807, 2.05) is 50.2 Å². The van der Waals surface area contributed by atoms with Crippen LogP contribution >= 0.6 is 15.9 Å². The van der Waals surface area contributed by atoms with Gasteiger partial charge in [-0.3, -0.25) is 0 Å². The lowest BCUT2D eigenvalue weighted by atomic mass is 10.1. The van der Waals surface area contributed by atoms with Crippen molar-refractivity contribution in [3.8, 4) is 5.75 Å². The quantitative estimate of drug-likeness (QED) is 0.882. The van der Waals surface area contributed by atoms with Crippen LogP contribution in [0.1, 0.15) is 16.7 Å². The minimum absolute atomic E-state index is 0.390. The highest BCUT2D eigenvalue weighted by atomic mass is 79.9. The van der Waals surface area contributed by atoms with Gasteiger partial charge in [0.05, 0.1) is 0 Å². The summed E-state index contributed by atoms with van der Waals surface area (Å²) in [4.78, 5) is 0. The van der Waals surface area contributed by atoms with E-state index in [9.17, 15) is 5.11 Å². The number of aryl methyl sites for hydroxylation is 2. The summed E-state index contributed by atoms with van der Waals surface area (Å²) in [6.45, 7) is 4.59. The summed E-state index contributed by atoms with van der Waals surface area (Å²) < 4.78 is 1.06. The van der Waals surface area contributed by atoms with Gasteiger partial charge < -0.3 is 10.4 Å². The zero-order valence-corrected chi connectivity index (χ0v) is 12.1. The molecule has 0 aliphatic heterocycles. The number of benzene rings is 2. The van der Waals surface area contributed by atoms with Crippen LogP contribution in [-0.2, 0) is 6.54 Å². The molecule has 0 unspecified atom stereocenters. The normalized spacial score (nSPS) is 10.4. The fourth-order valence-electron chi connectivity index (χ4n) is 1.95. The number of halogens is 1. The second-order valence-corrected chi connectivity index (χ2v) is 5.36. The van der Waals surface area contributed by atoms with E-state index >= 15 is 0 Å². The Morgan fingerprint density at radius 1 is 1.11 bits per heavy atom. The maximum Gasteiger partial charge on any atom is 0.121 e. The Labute approximate surface area is 116 Å². The Balaban J connectivity index is 2.11. The van der Waals surface area contributed by atoms with Gasteiger partial charge in [-0.15, -0.1) is 0 Å². The van der Waals surface area contributed by atoms with Crippen molar-refractivity contribution in [3.63, 3.8) is 0 Å². The molecule has 2 aromatic carbocycles. The van der Waals surface area contributed by atoms with Gasteiger partial charge in [0.2, 0.25) is 0 Å². The third-order valence-corrected chi connectivity index (χ3v) is 3.37. The van der Waals surface area contributed by atoms with Crippen LogP contribution in [0.15, 0.2) is 40.9 Å². The number of phenolic OH excluding ortho intramolecular Hbond substituents is 1. The minimum atomic E-state index is 0.390. The molecule has 94 valence electrons. The Morgan fingerprint density at radius 2 is 1.78 bits per heavy atom. The van der Waals surface area contributed by atoms with E-state index in [1.54, 1.807) is 0 Å². The molecule has 0 atom stereocenters. The van der Waals surface area contributed by atoms with Crippen molar-refractivity contribution in [3.05, 3.63) is 57.6 Å². The number of anilines is 1. The highest BCUT2D eigenvalue weighted by molar-refractivity contribution is 9.10. The second kappa shape index (κ2) is 5.44. The van der Waals surface area contributed by atoms with Crippen molar-refractivity contribution in [2.45, 2.75) is 20.4 Å². The fraction of sp³-hybridized carbons (Fsp3) is 0.200. The maximum absolute atomic E-state index is 9.73. The van der Waals surface area contributed by atoms with Crippen molar-refractivity contribution >= 4 is 21.6 Å². The first-order valence-corrected chi connectivity index (χ1v) is 6.64. The number of nitrogens with one attached hydrogen (secondary N) is 1. The number of aromatic hydroxyl groups is 1. The van der Waals surface area contributed by atoms with Crippen LogP contribution in [0.5, 0.6) is 5.75 Å². The van der Waals surface area contributed by atoms with Crippen LogP contribution in [0.25, 0.3) is 0 Å². The summed E-state index contributed by atoms with van der Waals surface area (Å²) in [5.74, 6) is 0.390. The van der Waals surface area contributed by atoms with Gasteiger partial charge in [-0.1, -0.05) is 34.1 Å². The van der Waals surface area contributed by atoms with E-state index in [2.05, 4.69) is 21.2 Å². The summed E-state index contributed by atoms with van der Waals surface area (Å²) in [6, 6.07) is 12.1. The Morgan fingerprint density at radius 3 is 2.39 bits per heavy atom. The van der Waals surface area contributed by atoms with Crippen molar-refractivity contribution in [1.29, 1.82) is 0 Å². The van der Waals surface area contributed by atoms with Crippen LogP contribution in [0.3, 0.4) is 0 Å². The van der Waals surface area contributed by atoms with Crippen LogP contribution in [-0.4, -0.2) is 5.11 Å². The molecule has 0 fully saturated rings. The molecule has 0 bridgehead atoms. The van der Waals surface area contributed by atoms with Crippen molar-refractivity contribution in [1.82, 2.24) is 0 Å². The molecule has 2 N–H and O–H groups in total. The molecule has 0 aliphatic rings. The lowest BCUT2D eigenvalue weighted by molar-refractivity contribution is 0.466. The number of hydrogen-bond donors (Lipinski definition) is 2. The van der Waals surface area contributed by atoms with E-state index in [-0.39, 0.29) is 0 Å². The molecule has 0 amide bonds. The number of rotatable bonds is 3. The van der Waals surface area contributed by atoms with Crippen molar-refractivity contribution in [2.75, 3.05) is 5.32 Å². The molecule has 0 heterocycles. The molecule has 2 aromatic rings. The fourth-order valence-corrected chi connectivity index (χ4v) is 2.35. The summed E-state index contributed by atoms with van der Waals surface area (Å²) in [6.07, 6.45) is 0. The highest BCUT2D eigenvalue weighted by Gasteiger charge is 2.03. The molecular weight excluding hydrogens is 290 g/mol. The molecule has 0 radical (unpaired) electrons. The lowest BCUT2D eigenvalue weighted by Gasteiger charge is -2.10. The van der Waals surface area contributed by atoms with Crippen LogP contribution in [0.2, 0.25) is 0 Å². The molecule has 0 saturated heterocycles. The average Bonchev–Trinajstić information content (AvgIpc) is 2.33. The molecule has 18 heavy (non-hydrogen) atoms. The van der Waals surface area contributed by atoms with Gasteiger partial charge in [0, 0.05) is 16.7 Å². The molecule has 3 heteroatoms. The zero-order chi connectivity index (χ0) is 13.1. The molecule has 0 aromatic heterocycles. The van der Waals surface area contributed by atoms with Gasteiger partial charge in [0.1, 0.15) is 5.75 Å². The molecule has 0 aliphatic carbocycles. The topological polar surface area (TPSA) is 32.3 Å². The zero-order valence-electron chi connectivity index (χ0n) is 10.5. The van der Waals surface area contributed by atoms with Crippen LogP contribution in [0.4, 0.5) is 5.69 Å². The van der Waals surface area contributed by atoms with Gasteiger partial charge in [-0.2, -0.15) is 0 Å². The van der Waals surface area contributed by atoms with Crippen LogP contribution < -0.4 is 5.32 Å². The Kier molecular flexibility index (Phi) is 3.92. The Bertz CT molecular complexity index is 543. The standard InChI is InChI=1S/C15H16BrNO/c1-10-6-12(7-11(2)15(10)18)9-17-14-5-3-4-13(16)8-14/h3-8,17-18H,9H2,1-2H3. The third kappa shape index (κ3) is 3.05. The van der Waals surface area contributed by atoms with E-state index in [0.29, 0.717) is 5.75 Å². The lowest BCUT2D eigenvalue weighted by Crippen LogP contribution is -2.00. The monoisotopic (exact) mass is 305 g/mol. The highest BCUT2D eigenvalue weighted by Crippen LogP contribution is 2.23. The average molecular weight is 306 g/mol. The van der Waals surface area contributed by atoms with Gasteiger partial charge >= 0.3 is 0 Å². The van der Waals surface area contributed by atoms with E-state index in [0.717, 1.165) is 27.8 Å². The first-order chi connectivity index (χ1) is 8.56. The van der Waals surface area contributed by atoms with Gasteiger partial charge in [0.15, 0.2) is 0 Å². The van der Waals surface area contributed by atoms with Gasteiger partial charge in [-0.05, 0) is 48.7 Å². The summed E-state index contributed by atoms with van der Waals surface area (Å²) >= 11 is 3.45. The predicted molar refractivity (Wildman–Crippen MR) is 79.0 cm³/mol. The maximum atomic E-state index is 9.73.